The second kappa shape index (κ2) is 5.67. The third-order valence-corrected chi connectivity index (χ3v) is 3.93. The number of aliphatic carboxylic acids is 1. The first-order valence-electron chi connectivity index (χ1n) is 5.65. The van der Waals surface area contributed by atoms with Crippen molar-refractivity contribution in [1.29, 1.82) is 0 Å². The lowest BCUT2D eigenvalue weighted by molar-refractivity contribution is -0.133. The maximum atomic E-state index is 10.7. The highest BCUT2D eigenvalue weighted by molar-refractivity contribution is 7.99. The average Bonchev–Trinajstić information content (AvgIpc) is 2.71. The Morgan fingerprint density at radius 2 is 2.16 bits per heavy atom. The molecule has 1 aromatic heterocycles. The van der Waals surface area contributed by atoms with E-state index in [1.165, 1.54) is 11.8 Å². The molecule has 0 atom stereocenters. The molecule has 0 bridgehead atoms. The molecule has 2 aromatic rings. The molecule has 4 nitrogen and oxygen atoms in total. The molecule has 1 N–H and O–H groups in total. The number of aromatic nitrogens is 2. The van der Waals surface area contributed by atoms with Crippen LogP contribution in [0.25, 0.3) is 5.69 Å². The molecule has 0 radical (unpaired) electrons. The van der Waals surface area contributed by atoms with Crippen LogP contribution in [0.1, 0.15) is 11.3 Å². The van der Waals surface area contributed by atoms with Gasteiger partial charge in [-0.2, -0.15) is 5.10 Å². The summed E-state index contributed by atoms with van der Waals surface area (Å²) in [5, 5.41) is 14.6. The van der Waals surface area contributed by atoms with E-state index >= 15 is 0 Å². The molecule has 19 heavy (non-hydrogen) atoms. The minimum absolute atomic E-state index is 0.00469. The van der Waals surface area contributed by atoms with Crippen LogP contribution in [0.15, 0.2) is 29.3 Å². The van der Waals surface area contributed by atoms with Crippen molar-refractivity contribution in [2.24, 2.45) is 0 Å². The summed E-state index contributed by atoms with van der Waals surface area (Å²) in [6.45, 7) is 3.80. The number of rotatable bonds is 4. The van der Waals surface area contributed by atoms with Gasteiger partial charge in [-0.05, 0) is 37.6 Å². The molecule has 0 aliphatic rings. The van der Waals surface area contributed by atoms with Gasteiger partial charge in [0.2, 0.25) is 0 Å². The number of hydrogen-bond acceptors (Lipinski definition) is 3. The summed E-state index contributed by atoms with van der Waals surface area (Å²) < 4.78 is 1.72. The van der Waals surface area contributed by atoms with Crippen LogP contribution >= 0.6 is 23.4 Å². The second-order valence-electron chi connectivity index (χ2n) is 4.15. The second-order valence-corrected chi connectivity index (χ2v) is 5.55. The first-order valence-corrected chi connectivity index (χ1v) is 7.01. The predicted octanol–water partition coefficient (Wildman–Crippen LogP) is 3.32. The summed E-state index contributed by atoms with van der Waals surface area (Å²) in [5.41, 5.74) is 2.66. The fraction of sp³-hybridized carbons (Fsp3) is 0.231. The van der Waals surface area contributed by atoms with Crippen LogP contribution < -0.4 is 0 Å². The highest BCUT2D eigenvalue weighted by Gasteiger charge is 2.11. The molecular formula is C13H13ClN2O2S. The summed E-state index contributed by atoms with van der Waals surface area (Å²) in [6, 6.07) is 7.52. The summed E-state index contributed by atoms with van der Waals surface area (Å²) >= 11 is 7.35. The first-order chi connectivity index (χ1) is 8.97. The number of benzene rings is 1. The van der Waals surface area contributed by atoms with Crippen LogP contribution in [0.3, 0.4) is 0 Å². The predicted molar refractivity (Wildman–Crippen MR) is 76.4 cm³/mol. The van der Waals surface area contributed by atoms with E-state index in [-0.39, 0.29) is 5.75 Å². The minimum atomic E-state index is -0.850. The lowest BCUT2D eigenvalue weighted by atomic mass is 10.2. The molecule has 0 amide bonds. The van der Waals surface area contributed by atoms with Crippen molar-refractivity contribution in [2.75, 3.05) is 5.75 Å². The average molecular weight is 297 g/mol. The zero-order valence-corrected chi connectivity index (χ0v) is 12.1. The van der Waals surface area contributed by atoms with E-state index in [4.69, 9.17) is 16.7 Å². The van der Waals surface area contributed by atoms with Gasteiger partial charge in [-0.3, -0.25) is 4.79 Å². The molecule has 0 saturated carbocycles. The van der Waals surface area contributed by atoms with Crippen molar-refractivity contribution in [3.8, 4) is 5.69 Å². The summed E-state index contributed by atoms with van der Waals surface area (Å²) in [5.74, 6) is -0.845. The molecule has 0 unspecified atom stereocenters. The van der Waals surface area contributed by atoms with Crippen molar-refractivity contribution >= 4 is 29.3 Å². The Morgan fingerprint density at radius 3 is 2.79 bits per heavy atom. The molecule has 0 aliphatic heterocycles. The van der Waals surface area contributed by atoms with Crippen molar-refractivity contribution in [1.82, 2.24) is 9.78 Å². The maximum Gasteiger partial charge on any atom is 0.313 e. The smallest absolute Gasteiger partial charge is 0.313 e. The molecule has 100 valence electrons. The summed E-state index contributed by atoms with van der Waals surface area (Å²) in [4.78, 5) is 10.7. The zero-order valence-electron chi connectivity index (χ0n) is 10.6. The van der Waals surface area contributed by atoms with Crippen molar-refractivity contribution in [2.45, 2.75) is 18.9 Å². The number of hydrogen-bond donors (Lipinski definition) is 1. The molecule has 0 aliphatic carbocycles. The number of carboxylic acids is 1. The Kier molecular flexibility index (Phi) is 4.17. The van der Waals surface area contributed by atoms with Gasteiger partial charge in [-0.15, -0.1) is 0 Å². The fourth-order valence-corrected chi connectivity index (χ4v) is 2.58. The van der Waals surface area contributed by atoms with Gasteiger partial charge in [0, 0.05) is 5.02 Å². The van der Waals surface area contributed by atoms with Gasteiger partial charge in [-0.25, -0.2) is 4.68 Å². The van der Waals surface area contributed by atoms with Gasteiger partial charge >= 0.3 is 5.97 Å². The lowest BCUT2D eigenvalue weighted by Gasteiger charge is -2.07. The molecule has 0 saturated heterocycles. The van der Waals surface area contributed by atoms with E-state index in [0.717, 1.165) is 22.0 Å². The van der Waals surface area contributed by atoms with E-state index < -0.39 is 5.97 Å². The Hall–Kier alpha value is -1.46. The van der Waals surface area contributed by atoms with E-state index in [0.29, 0.717) is 5.02 Å². The van der Waals surface area contributed by atoms with Crippen LogP contribution in [0.2, 0.25) is 5.02 Å². The van der Waals surface area contributed by atoms with Crippen LogP contribution in [0.4, 0.5) is 0 Å². The standard InChI is InChI=1S/C13H13ClN2O2S/c1-8-3-4-10(6-11(8)14)16-12(5-9(2)15-16)19-7-13(17)18/h3-6H,7H2,1-2H3,(H,17,18). The van der Waals surface area contributed by atoms with Crippen molar-refractivity contribution in [3.05, 3.63) is 40.5 Å². The summed E-state index contributed by atoms with van der Waals surface area (Å²) in [6.07, 6.45) is 0. The minimum Gasteiger partial charge on any atom is -0.481 e. The Balaban J connectivity index is 2.37. The Bertz CT molecular complexity index is 625. The molecule has 2 rings (SSSR count). The number of carboxylic acid groups (broad SMARTS) is 1. The van der Waals surface area contributed by atoms with E-state index in [2.05, 4.69) is 5.10 Å². The number of thioether (sulfide) groups is 1. The molecule has 0 fully saturated rings. The summed E-state index contributed by atoms with van der Waals surface area (Å²) in [7, 11) is 0. The van der Waals surface area contributed by atoms with E-state index in [9.17, 15) is 4.79 Å². The van der Waals surface area contributed by atoms with Gasteiger partial charge in [0.1, 0.15) is 5.03 Å². The van der Waals surface area contributed by atoms with Gasteiger partial charge in [0.15, 0.2) is 0 Å². The van der Waals surface area contributed by atoms with Gasteiger partial charge in [-0.1, -0.05) is 29.4 Å². The van der Waals surface area contributed by atoms with Crippen LogP contribution in [0, 0.1) is 13.8 Å². The highest BCUT2D eigenvalue weighted by atomic mass is 35.5. The lowest BCUT2D eigenvalue weighted by Crippen LogP contribution is -2.02. The zero-order chi connectivity index (χ0) is 14.0. The van der Waals surface area contributed by atoms with Gasteiger partial charge in [0.25, 0.3) is 0 Å². The maximum absolute atomic E-state index is 10.7. The number of aryl methyl sites for hydroxylation is 2. The van der Waals surface area contributed by atoms with Crippen molar-refractivity contribution < 1.29 is 9.90 Å². The van der Waals surface area contributed by atoms with Gasteiger partial charge in [0.05, 0.1) is 17.1 Å². The van der Waals surface area contributed by atoms with Crippen LogP contribution in [0.5, 0.6) is 0 Å². The first kappa shape index (κ1) is 14.0. The van der Waals surface area contributed by atoms with Gasteiger partial charge < -0.3 is 5.11 Å². The number of nitrogens with zero attached hydrogens (tertiary/aromatic N) is 2. The normalized spacial score (nSPS) is 10.7. The molecule has 0 spiro atoms. The molecule has 1 heterocycles. The topological polar surface area (TPSA) is 55.1 Å². The SMILES string of the molecule is Cc1cc(SCC(=O)O)n(-c2ccc(C)c(Cl)c2)n1. The van der Waals surface area contributed by atoms with Crippen LogP contribution in [-0.4, -0.2) is 26.6 Å². The fourth-order valence-electron chi connectivity index (χ4n) is 1.61. The van der Waals surface area contributed by atoms with Crippen molar-refractivity contribution in [3.63, 3.8) is 0 Å². The van der Waals surface area contributed by atoms with E-state index in [1.807, 2.05) is 38.1 Å². The third-order valence-electron chi connectivity index (χ3n) is 2.54. The Labute approximate surface area is 120 Å². The molecule has 6 heteroatoms. The third kappa shape index (κ3) is 3.30. The Morgan fingerprint density at radius 1 is 1.42 bits per heavy atom. The largest absolute Gasteiger partial charge is 0.481 e. The quantitative estimate of drug-likeness (QED) is 0.879. The van der Waals surface area contributed by atoms with Crippen LogP contribution in [-0.2, 0) is 4.79 Å². The number of halogens is 1. The highest BCUT2D eigenvalue weighted by Crippen LogP contribution is 2.25. The molecule has 1 aromatic carbocycles. The van der Waals surface area contributed by atoms with E-state index in [1.54, 1.807) is 4.68 Å². The molecular weight excluding hydrogens is 284 g/mol. The number of carbonyl (C=O) groups is 1. The monoisotopic (exact) mass is 296 g/mol.